The number of nitrogens with two attached hydrogens (primary N) is 1. The van der Waals surface area contributed by atoms with Gasteiger partial charge >= 0.3 is 0 Å². The van der Waals surface area contributed by atoms with Crippen molar-refractivity contribution in [3.05, 3.63) is 30.1 Å². The van der Waals surface area contributed by atoms with Crippen molar-refractivity contribution < 1.29 is 0 Å². The molecule has 2 unspecified atom stereocenters. The van der Waals surface area contributed by atoms with E-state index in [1.54, 1.807) is 0 Å². The molecule has 3 nitrogen and oxygen atoms in total. The lowest BCUT2D eigenvalue weighted by Gasteiger charge is -2.31. The third-order valence-corrected chi connectivity index (χ3v) is 3.75. The van der Waals surface area contributed by atoms with E-state index in [0.717, 1.165) is 6.54 Å². The van der Waals surface area contributed by atoms with Crippen LogP contribution in [-0.4, -0.2) is 29.0 Å². The Morgan fingerprint density at radius 1 is 1.35 bits per heavy atom. The molecule has 94 valence electrons. The van der Waals surface area contributed by atoms with Gasteiger partial charge in [0.25, 0.3) is 0 Å². The maximum absolute atomic E-state index is 6.28. The molecular formula is C14H23N3. The van der Waals surface area contributed by atoms with Gasteiger partial charge in [-0.1, -0.05) is 25.3 Å². The normalized spacial score (nSPS) is 25.8. The topological polar surface area (TPSA) is 42.2 Å². The third-order valence-electron chi connectivity index (χ3n) is 3.75. The van der Waals surface area contributed by atoms with Crippen LogP contribution in [0.15, 0.2) is 24.5 Å². The molecule has 17 heavy (non-hydrogen) atoms. The summed E-state index contributed by atoms with van der Waals surface area (Å²) >= 11 is 0. The van der Waals surface area contributed by atoms with Crippen LogP contribution >= 0.6 is 0 Å². The van der Waals surface area contributed by atoms with Gasteiger partial charge in [0.15, 0.2) is 0 Å². The van der Waals surface area contributed by atoms with E-state index < -0.39 is 0 Å². The number of pyridine rings is 1. The van der Waals surface area contributed by atoms with E-state index in [0.29, 0.717) is 12.1 Å². The Bertz CT molecular complexity index is 325. The first-order valence-electron chi connectivity index (χ1n) is 6.62. The van der Waals surface area contributed by atoms with Gasteiger partial charge in [0.05, 0.1) is 0 Å². The summed E-state index contributed by atoms with van der Waals surface area (Å²) in [5.74, 6) is 0. The van der Waals surface area contributed by atoms with Gasteiger partial charge in [-0.25, -0.2) is 0 Å². The molecule has 1 fully saturated rings. The van der Waals surface area contributed by atoms with E-state index in [-0.39, 0.29) is 0 Å². The second-order valence-electron chi connectivity index (χ2n) is 5.15. The van der Waals surface area contributed by atoms with Gasteiger partial charge in [-0.2, -0.15) is 0 Å². The number of rotatable bonds is 3. The minimum atomic E-state index is 0.333. The summed E-state index contributed by atoms with van der Waals surface area (Å²) in [5, 5.41) is 0. The number of hydrogen-bond donors (Lipinski definition) is 1. The third kappa shape index (κ3) is 3.51. The minimum absolute atomic E-state index is 0.333. The SMILES string of the molecule is CN(Cc1cccnc1)C1CCCCCC1N. The van der Waals surface area contributed by atoms with Crippen molar-refractivity contribution in [2.24, 2.45) is 5.73 Å². The van der Waals surface area contributed by atoms with E-state index in [2.05, 4.69) is 23.0 Å². The van der Waals surface area contributed by atoms with E-state index in [4.69, 9.17) is 5.73 Å². The maximum Gasteiger partial charge on any atom is 0.0312 e. The Balaban J connectivity index is 1.96. The molecule has 1 aliphatic carbocycles. The second-order valence-corrected chi connectivity index (χ2v) is 5.15. The van der Waals surface area contributed by atoms with Gasteiger partial charge in [-0.3, -0.25) is 9.88 Å². The van der Waals surface area contributed by atoms with Crippen molar-refractivity contribution in [2.45, 2.75) is 50.7 Å². The summed E-state index contributed by atoms with van der Waals surface area (Å²) in [7, 11) is 2.18. The van der Waals surface area contributed by atoms with Gasteiger partial charge in [0.2, 0.25) is 0 Å². The van der Waals surface area contributed by atoms with E-state index >= 15 is 0 Å². The first-order chi connectivity index (χ1) is 8.27. The van der Waals surface area contributed by atoms with Crippen LogP contribution in [0.5, 0.6) is 0 Å². The molecule has 2 N–H and O–H groups in total. The molecule has 0 spiro atoms. The molecule has 1 aromatic rings. The van der Waals surface area contributed by atoms with Crippen LogP contribution in [0, 0.1) is 0 Å². The number of aromatic nitrogens is 1. The van der Waals surface area contributed by atoms with Crippen molar-refractivity contribution in [3.63, 3.8) is 0 Å². The molecule has 2 atom stereocenters. The monoisotopic (exact) mass is 233 g/mol. The standard InChI is InChI=1S/C14H23N3/c1-17(11-12-6-5-9-16-10-12)14-8-4-2-3-7-13(14)15/h5-6,9-10,13-14H,2-4,7-8,11,15H2,1H3. The highest BCUT2D eigenvalue weighted by Crippen LogP contribution is 2.21. The van der Waals surface area contributed by atoms with Crippen molar-refractivity contribution in [2.75, 3.05) is 7.05 Å². The largest absolute Gasteiger partial charge is 0.326 e. The molecule has 1 aromatic heterocycles. The molecule has 0 saturated heterocycles. The van der Waals surface area contributed by atoms with Gasteiger partial charge < -0.3 is 5.73 Å². The Kier molecular flexibility index (Phi) is 4.51. The molecule has 0 bridgehead atoms. The summed E-state index contributed by atoms with van der Waals surface area (Å²) < 4.78 is 0. The Morgan fingerprint density at radius 3 is 2.94 bits per heavy atom. The van der Waals surface area contributed by atoms with Crippen LogP contribution in [0.3, 0.4) is 0 Å². The highest BCUT2D eigenvalue weighted by atomic mass is 15.1. The van der Waals surface area contributed by atoms with Crippen LogP contribution in [0.25, 0.3) is 0 Å². The Morgan fingerprint density at radius 2 is 2.18 bits per heavy atom. The van der Waals surface area contributed by atoms with Crippen LogP contribution in [0.4, 0.5) is 0 Å². The molecule has 0 aliphatic heterocycles. The summed E-state index contributed by atoms with van der Waals surface area (Å²) in [6, 6.07) is 4.99. The molecule has 0 amide bonds. The van der Waals surface area contributed by atoms with E-state index in [1.165, 1.54) is 37.7 Å². The second kappa shape index (κ2) is 6.12. The van der Waals surface area contributed by atoms with E-state index in [1.807, 2.05) is 18.5 Å². The molecule has 2 rings (SSSR count). The zero-order valence-electron chi connectivity index (χ0n) is 10.7. The quantitative estimate of drug-likeness (QED) is 0.814. The Labute approximate surface area is 104 Å². The van der Waals surface area contributed by atoms with Crippen molar-refractivity contribution in [3.8, 4) is 0 Å². The zero-order valence-corrected chi connectivity index (χ0v) is 10.7. The summed E-state index contributed by atoms with van der Waals surface area (Å²) in [4.78, 5) is 6.56. The fraction of sp³-hybridized carbons (Fsp3) is 0.643. The lowest BCUT2D eigenvalue weighted by Crippen LogP contribution is -2.44. The van der Waals surface area contributed by atoms with Crippen molar-refractivity contribution >= 4 is 0 Å². The molecule has 0 radical (unpaired) electrons. The minimum Gasteiger partial charge on any atom is -0.326 e. The predicted octanol–water partition coefficient (Wildman–Crippen LogP) is 2.17. The smallest absolute Gasteiger partial charge is 0.0312 e. The first-order valence-corrected chi connectivity index (χ1v) is 6.62. The highest BCUT2D eigenvalue weighted by Gasteiger charge is 2.23. The van der Waals surface area contributed by atoms with Crippen LogP contribution < -0.4 is 5.73 Å². The fourth-order valence-corrected chi connectivity index (χ4v) is 2.76. The number of hydrogen-bond acceptors (Lipinski definition) is 3. The predicted molar refractivity (Wildman–Crippen MR) is 70.6 cm³/mol. The van der Waals surface area contributed by atoms with Crippen LogP contribution in [-0.2, 0) is 6.54 Å². The van der Waals surface area contributed by atoms with Crippen LogP contribution in [0.1, 0.15) is 37.7 Å². The lowest BCUT2D eigenvalue weighted by atomic mass is 10.0. The molecule has 1 heterocycles. The van der Waals surface area contributed by atoms with Crippen LogP contribution in [0.2, 0.25) is 0 Å². The van der Waals surface area contributed by atoms with Gasteiger partial charge in [-0.15, -0.1) is 0 Å². The fourth-order valence-electron chi connectivity index (χ4n) is 2.76. The van der Waals surface area contributed by atoms with Crippen molar-refractivity contribution in [1.29, 1.82) is 0 Å². The molecular weight excluding hydrogens is 210 g/mol. The average Bonchev–Trinajstić information content (AvgIpc) is 2.55. The summed E-state index contributed by atoms with van der Waals surface area (Å²) in [6.07, 6.45) is 10.1. The molecule has 1 aliphatic rings. The van der Waals surface area contributed by atoms with Crippen molar-refractivity contribution in [1.82, 2.24) is 9.88 Å². The molecule has 1 saturated carbocycles. The zero-order chi connectivity index (χ0) is 12.1. The van der Waals surface area contributed by atoms with E-state index in [9.17, 15) is 0 Å². The maximum atomic E-state index is 6.28. The highest BCUT2D eigenvalue weighted by molar-refractivity contribution is 5.08. The molecule has 0 aromatic carbocycles. The van der Waals surface area contributed by atoms with Gasteiger partial charge in [0.1, 0.15) is 0 Å². The molecule has 3 heteroatoms. The lowest BCUT2D eigenvalue weighted by molar-refractivity contribution is 0.193. The number of nitrogens with zero attached hydrogens (tertiary/aromatic N) is 2. The van der Waals surface area contributed by atoms with Gasteiger partial charge in [-0.05, 0) is 31.5 Å². The first kappa shape index (κ1) is 12.5. The Hall–Kier alpha value is -0.930. The average molecular weight is 233 g/mol. The summed E-state index contributed by atoms with van der Waals surface area (Å²) in [6.45, 7) is 0.951. The summed E-state index contributed by atoms with van der Waals surface area (Å²) in [5.41, 5.74) is 7.55. The van der Waals surface area contributed by atoms with Gasteiger partial charge in [0, 0.05) is 31.0 Å². The number of likely N-dealkylation sites (N-methyl/N-ethyl adjacent to an activating group) is 1.